The predicted octanol–water partition coefficient (Wildman–Crippen LogP) is 2.45. The van der Waals surface area contributed by atoms with Crippen molar-refractivity contribution in [2.24, 2.45) is 0 Å². The molecule has 1 fully saturated rings. The number of piperazine rings is 1. The van der Waals surface area contributed by atoms with Crippen molar-refractivity contribution in [1.82, 2.24) is 19.6 Å². The molecule has 0 N–H and O–H groups in total. The van der Waals surface area contributed by atoms with Gasteiger partial charge in [0, 0.05) is 33.1 Å². The highest BCUT2D eigenvalue weighted by molar-refractivity contribution is 6.32. The van der Waals surface area contributed by atoms with E-state index in [-0.39, 0.29) is 11.8 Å². The van der Waals surface area contributed by atoms with E-state index >= 15 is 0 Å². The SMILES string of the molecule is CC(=O)N1CCN(C(=O)c2c(C)nn(-c3ccccc3Cl)c2C)CC1. The molecule has 3 rings (SSSR count). The molecular weight excluding hydrogens is 340 g/mol. The Morgan fingerprint density at radius 1 is 1.04 bits per heavy atom. The number of aryl methyl sites for hydroxylation is 1. The summed E-state index contributed by atoms with van der Waals surface area (Å²) >= 11 is 6.27. The van der Waals surface area contributed by atoms with Crippen molar-refractivity contribution < 1.29 is 9.59 Å². The first kappa shape index (κ1) is 17.5. The fourth-order valence-corrected chi connectivity index (χ4v) is 3.41. The zero-order chi connectivity index (χ0) is 18.1. The van der Waals surface area contributed by atoms with Gasteiger partial charge in [0.2, 0.25) is 5.91 Å². The lowest BCUT2D eigenvalue weighted by Gasteiger charge is -2.34. The Labute approximate surface area is 152 Å². The maximum Gasteiger partial charge on any atom is 0.257 e. The molecule has 6 nitrogen and oxygen atoms in total. The molecule has 0 saturated carbocycles. The molecule has 1 aliphatic rings. The number of para-hydroxylation sites is 1. The van der Waals surface area contributed by atoms with Crippen molar-refractivity contribution >= 4 is 23.4 Å². The summed E-state index contributed by atoms with van der Waals surface area (Å²) in [6.07, 6.45) is 0. The number of benzene rings is 1. The second-order valence-electron chi connectivity index (χ2n) is 6.21. The van der Waals surface area contributed by atoms with Crippen molar-refractivity contribution in [2.45, 2.75) is 20.8 Å². The summed E-state index contributed by atoms with van der Waals surface area (Å²) in [7, 11) is 0. The summed E-state index contributed by atoms with van der Waals surface area (Å²) in [6.45, 7) is 7.47. The van der Waals surface area contributed by atoms with E-state index in [4.69, 9.17) is 11.6 Å². The van der Waals surface area contributed by atoms with E-state index in [2.05, 4.69) is 5.10 Å². The Morgan fingerprint density at radius 2 is 1.64 bits per heavy atom. The van der Waals surface area contributed by atoms with Crippen LogP contribution in [0.2, 0.25) is 5.02 Å². The third-order valence-corrected chi connectivity index (χ3v) is 4.92. The molecule has 1 saturated heterocycles. The molecule has 25 heavy (non-hydrogen) atoms. The van der Waals surface area contributed by atoms with Crippen LogP contribution in [0.4, 0.5) is 0 Å². The van der Waals surface area contributed by atoms with Gasteiger partial charge in [-0.3, -0.25) is 9.59 Å². The first-order valence-corrected chi connectivity index (χ1v) is 8.64. The topological polar surface area (TPSA) is 58.4 Å². The normalized spacial score (nSPS) is 14.7. The van der Waals surface area contributed by atoms with E-state index in [0.717, 1.165) is 11.4 Å². The van der Waals surface area contributed by atoms with Crippen molar-refractivity contribution in [3.63, 3.8) is 0 Å². The van der Waals surface area contributed by atoms with Gasteiger partial charge in [0.1, 0.15) is 0 Å². The lowest BCUT2D eigenvalue weighted by atomic mass is 10.1. The molecule has 0 spiro atoms. The van der Waals surface area contributed by atoms with Crippen molar-refractivity contribution in [3.8, 4) is 5.69 Å². The number of carbonyl (C=O) groups excluding carboxylic acids is 2. The van der Waals surface area contributed by atoms with Gasteiger partial charge < -0.3 is 9.80 Å². The second kappa shape index (κ2) is 6.88. The minimum absolute atomic E-state index is 0.0449. The number of hydrogen-bond donors (Lipinski definition) is 0. The first-order valence-electron chi connectivity index (χ1n) is 8.26. The van der Waals surface area contributed by atoms with Crippen LogP contribution in [0.15, 0.2) is 24.3 Å². The molecule has 0 atom stereocenters. The lowest BCUT2D eigenvalue weighted by molar-refractivity contribution is -0.130. The van der Waals surface area contributed by atoms with E-state index in [1.807, 2.05) is 32.0 Å². The molecule has 1 aliphatic heterocycles. The summed E-state index contributed by atoms with van der Waals surface area (Å²) in [6, 6.07) is 7.43. The number of amides is 2. The molecule has 132 valence electrons. The molecule has 1 aromatic carbocycles. The van der Waals surface area contributed by atoms with Gasteiger partial charge in [-0.15, -0.1) is 0 Å². The van der Waals surface area contributed by atoms with Gasteiger partial charge >= 0.3 is 0 Å². The van der Waals surface area contributed by atoms with Crippen LogP contribution in [0.3, 0.4) is 0 Å². The molecule has 0 bridgehead atoms. The van der Waals surface area contributed by atoms with Gasteiger partial charge in [0.05, 0.1) is 27.7 Å². The van der Waals surface area contributed by atoms with Crippen molar-refractivity contribution in [2.75, 3.05) is 26.2 Å². The summed E-state index contributed by atoms with van der Waals surface area (Å²) in [5, 5.41) is 5.11. The zero-order valence-electron chi connectivity index (χ0n) is 14.6. The third-order valence-electron chi connectivity index (χ3n) is 4.60. The summed E-state index contributed by atoms with van der Waals surface area (Å²) in [5.74, 6) is 0.00232. The quantitative estimate of drug-likeness (QED) is 0.826. The molecule has 2 amide bonds. The van der Waals surface area contributed by atoms with Crippen LogP contribution >= 0.6 is 11.6 Å². The fourth-order valence-electron chi connectivity index (χ4n) is 3.19. The largest absolute Gasteiger partial charge is 0.339 e. The Hall–Kier alpha value is -2.34. The molecule has 7 heteroatoms. The maximum atomic E-state index is 13.0. The third kappa shape index (κ3) is 3.26. The highest BCUT2D eigenvalue weighted by atomic mass is 35.5. The van der Waals surface area contributed by atoms with Gasteiger partial charge in [0.25, 0.3) is 5.91 Å². The lowest BCUT2D eigenvalue weighted by Crippen LogP contribution is -2.50. The highest BCUT2D eigenvalue weighted by Crippen LogP contribution is 2.25. The number of carbonyl (C=O) groups is 2. The number of hydrogen-bond acceptors (Lipinski definition) is 3. The zero-order valence-corrected chi connectivity index (χ0v) is 15.4. The fraction of sp³-hybridized carbons (Fsp3) is 0.389. The molecular formula is C18H21ClN4O2. The van der Waals surface area contributed by atoms with Gasteiger partial charge in [-0.05, 0) is 26.0 Å². The van der Waals surface area contributed by atoms with Crippen LogP contribution in [0.1, 0.15) is 28.7 Å². The predicted molar refractivity (Wildman–Crippen MR) is 96.2 cm³/mol. The number of aromatic nitrogens is 2. The Balaban J connectivity index is 1.88. The van der Waals surface area contributed by atoms with Crippen LogP contribution in [0.25, 0.3) is 5.69 Å². The highest BCUT2D eigenvalue weighted by Gasteiger charge is 2.28. The molecule has 1 aromatic heterocycles. The Kier molecular flexibility index (Phi) is 4.81. The molecule has 0 unspecified atom stereocenters. The molecule has 2 aromatic rings. The Morgan fingerprint density at radius 3 is 2.24 bits per heavy atom. The van der Waals surface area contributed by atoms with Crippen LogP contribution in [0.5, 0.6) is 0 Å². The van der Waals surface area contributed by atoms with Gasteiger partial charge in [-0.2, -0.15) is 5.10 Å². The smallest absolute Gasteiger partial charge is 0.257 e. The summed E-state index contributed by atoms with van der Waals surface area (Å²) in [5.41, 5.74) is 2.81. The van der Waals surface area contributed by atoms with Crippen LogP contribution < -0.4 is 0 Å². The van der Waals surface area contributed by atoms with E-state index in [9.17, 15) is 9.59 Å². The van der Waals surface area contributed by atoms with E-state index in [0.29, 0.717) is 42.5 Å². The van der Waals surface area contributed by atoms with Gasteiger partial charge in [-0.25, -0.2) is 4.68 Å². The van der Waals surface area contributed by atoms with Crippen molar-refractivity contribution in [3.05, 3.63) is 46.2 Å². The first-order chi connectivity index (χ1) is 11.9. The minimum Gasteiger partial charge on any atom is -0.339 e. The van der Waals surface area contributed by atoms with Crippen LogP contribution in [-0.4, -0.2) is 57.6 Å². The second-order valence-corrected chi connectivity index (χ2v) is 6.61. The molecule has 0 radical (unpaired) electrons. The monoisotopic (exact) mass is 360 g/mol. The average Bonchev–Trinajstić information content (AvgIpc) is 2.89. The van der Waals surface area contributed by atoms with E-state index in [1.165, 1.54) is 0 Å². The number of rotatable bonds is 2. The van der Waals surface area contributed by atoms with Crippen molar-refractivity contribution in [1.29, 1.82) is 0 Å². The summed E-state index contributed by atoms with van der Waals surface area (Å²) < 4.78 is 1.72. The van der Waals surface area contributed by atoms with Crippen LogP contribution in [0, 0.1) is 13.8 Å². The van der Waals surface area contributed by atoms with Gasteiger partial charge in [-0.1, -0.05) is 23.7 Å². The molecule has 2 heterocycles. The van der Waals surface area contributed by atoms with E-state index in [1.54, 1.807) is 27.5 Å². The maximum absolute atomic E-state index is 13.0. The van der Waals surface area contributed by atoms with E-state index < -0.39 is 0 Å². The van der Waals surface area contributed by atoms with Crippen LogP contribution in [-0.2, 0) is 4.79 Å². The van der Waals surface area contributed by atoms with Gasteiger partial charge in [0.15, 0.2) is 0 Å². The number of nitrogens with zero attached hydrogens (tertiary/aromatic N) is 4. The molecule has 0 aliphatic carbocycles. The standard InChI is InChI=1S/C18H21ClN4O2/c1-12-17(18(25)22-10-8-21(9-11-22)14(3)24)13(2)23(20-12)16-7-5-4-6-15(16)19/h4-7H,8-11H2,1-3H3. The summed E-state index contributed by atoms with van der Waals surface area (Å²) in [4.78, 5) is 28.0. The average molecular weight is 361 g/mol. The number of halogens is 1. The Bertz CT molecular complexity index is 822. The minimum atomic E-state index is -0.0449.